The summed E-state index contributed by atoms with van der Waals surface area (Å²) in [4.78, 5) is 41.7. The fourth-order valence-corrected chi connectivity index (χ4v) is 4.45. The van der Waals surface area contributed by atoms with Crippen molar-refractivity contribution in [3.63, 3.8) is 0 Å². The minimum Gasteiger partial charge on any atom is -0.497 e. The number of benzene rings is 1. The van der Waals surface area contributed by atoms with Crippen molar-refractivity contribution in [1.29, 1.82) is 0 Å². The molecule has 3 rings (SSSR count). The third-order valence-electron chi connectivity index (χ3n) is 6.05. The Hall–Kier alpha value is -2.57. The van der Waals surface area contributed by atoms with Crippen LogP contribution in [-0.2, 0) is 15.1 Å². The van der Waals surface area contributed by atoms with E-state index in [9.17, 15) is 14.4 Å². The Morgan fingerprint density at radius 3 is 2.38 bits per heavy atom. The molecule has 1 aliphatic carbocycles. The van der Waals surface area contributed by atoms with E-state index in [0.29, 0.717) is 11.3 Å². The molecular formula is C22H31N3O4. The lowest BCUT2D eigenvalue weighted by molar-refractivity contribution is -0.142. The van der Waals surface area contributed by atoms with Gasteiger partial charge in [-0.25, -0.2) is 4.79 Å². The molecule has 158 valence electrons. The Bertz CT molecular complexity index is 771. The lowest BCUT2D eigenvalue weighted by Gasteiger charge is -2.38. The van der Waals surface area contributed by atoms with Gasteiger partial charge >= 0.3 is 6.03 Å². The molecule has 1 aromatic rings. The summed E-state index contributed by atoms with van der Waals surface area (Å²) in [6.45, 7) is 5.41. The summed E-state index contributed by atoms with van der Waals surface area (Å²) in [7, 11) is 1.57. The molecule has 29 heavy (non-hydrogen) atoms. The molecule has 7 nitrogen and oxygen atoms in total. The number of urea groups is 1. The van der Waals surface area contributed by atoms with E-state index >= 15 is 0 Å². The molecule has 1 aromatic carbocycles. The number of rotatable bonds is 6. The van der Waals surface area contributed by atoms with Crippen LogP contribution >= 0.6 is 0 Å². The normalized spacial score (nSPS) is 22.7. The van der Waals surface area contributed by atoms with Crippen molar-refractivity contribution in [2.24, 2.45) is 0 Å². The fourth-order valence-electron chi connectivity index (χ4n) is 4.45. The van der Waals surface area contributed by atoms with Gasteiger partial charge < -0.3 is 15.0 Å². The molecule has 4 amide bonds. The lowest BCUT2D eigenvalue weighted by Crippen LogP contribution is -2.51. The smallest absolute Gasteiger partial charge is 0.325 e. The van der Waals surface area contributed by atoms with Crippen LogP contribution in [0.3, 0.4) is 0 Å². The Balaban J connectivity index is 1.77. The van der Waals surface area contributed by atoms with Crippen LogP contribution in [0.5, 0.6) is 5.75 Å². The van der Waals surface area contributed by atoms with Gasteiger partial charge in [0.15, 0.2) is 0 Å². The maximum Gasteiger partial charge on any atom is 0.325 e. The van der Waals surface area contributed by atoms with Gasteiger partial charge in [-0.3, -0.25) is 14.5 Å². The maximum absolute atomic E-state index is 13.1. The summed E-state index contributed by atoms with van der Waals surface area (Å²) in [5.74, 6) is 0.0870. The highest BCUT2D eigenvalue weighted by molar-refractivity contribution is 6.09. The van der Waals surface area contributed by atoms with Crippen LogP contribution in [0.2, 0.25) is 0 Å². The number of methoxy groups -OCH3 is 1. The molecule has 1 saturated heterocycles. The summed E-state index contributed by atoms with van der Waals surface area (Å²) in [6, 6.07) is 6.68. The zero-order valence-electron chi connectivity index (χ0n) is 17.7. The first-order valence-electron chi connectivity index (χ1n) is 10.4. The van der Waals surface area contributed by atoms with Crippen LogP contribution in [0.15, 0.2) is 24.3 Å². The first-order valence-corrected chi connectivity index (χ1v) is 10.4. The summed E-state index contributed by atoms with van der Waals surface area (Å²) < 4.78 is 5.16. The highest BCUT2D eigenvalue weighted by Gasteiger charge is 2.50. The van der Waals surface area contributed by atoms with Crippen molar-refractivity contribution in [2.75, 3.05) is 13.7 Å². The predicted octanol–water partition coefficient (Wildman–Crippen LogP) is 3.03. The van der Waals surface area contributed by atoms with Crippen LogP contribution in [0, 0.1) is 0 Å². The Morgan fingerprint density at radius 2 is 1.83 bits per heavy atom. The van der Waals surface area contributed by atoms with Gasteiger partial charge in [-0.15, -0.1) is 0 Å². The average molecular weight is 402 g/mol. The highest BCUT2D eigenvalue weighted by Crippen LogP contribution is 2.31. The Morgan fingerprint density at radius 1 is 1.21 bits per heavy atom. The van der Waals surface area contributed by atoms with E-state index in [1.54, 1.807) is 38.3 Å². The summed E-state index contributed by atoms with van der Waals surface area (Å²) in [5, 5.41) is 2.76. The third-order valence-corrected chi connectivity index (χ3v) is 6.05. The molecule has 1 N–H and O–H groups in total. The molecule has 1 heterocycles. The van der Waals surface area contributed by atoms with Gasteiger partial charge in [-0.05, 0) is 51.3 Å². The molecule has 1 unspecified atom stereocenters. The number of hydrogen-bond acceptors (Lipinski definition) is 4. The summed E-state index contributed by atoms with van der Waals surface area (Å²) >= 11 is 0. The van der Waals surface area contributed by atoms with Crippen LogP contribution < -0.4 is 10.1 Å². The molecule has 1 aliphatic heterocycles. The van der Waals surface area contributed by atoms with E-state index in [-0.39, 0.29) is 24.5 Å². The second-order valence-electron chi connectivity index (χ2n) is 8.36. The van der Waals surface area contributed by atoms with Gasteiger partial charge in [0.05, 0.1) is 7.11 Å². The van der Waals surface area contributed by atoms with E-state index in [2.05, 4.69) is 5.32 Å². The lowest BCUT2D eigenvalue weighted by atomic mass is 9.92. The van der Waals surface area contributed by atoms with Gasteiger partial charge in [-0.1, -0.05) is 31.4 Å². The molecule has 2 aliphatic rings. The fraction of sp³-hybridized carbons (Fsp3) is 0.591. The van der Waals surface area contributed by atoms with E-state index < -0.39 is 17.5 Å². The third kappa shape index (κ3) is 4.09. The van der Waals surface area contributed by atoms with Crippen molar-refractivity contribution in [3.05, 3.63) is 29.8 Å². The standard InChI is InChI=1S/C22H31N3O4/c1-15(2)25(17-8-6-5-7-9-17)19(26)14-24-20(27)22(3,23-21(24)28)16-10-12-18(29-4)13-11-16/h10-13,15,17H,5-9,14H2,1-4H3,(H,23,28). The topological polar surface area (TPSA) is 79.0 Å². The molecule has 0 spiro atoms. The Kier molecular flexibility index (Phi) is 6.15. The number of imide groups is 1. The molecule has 1 atom stereocenters. The van der Waals surface area contributed by atoms with Crippen molar-refractivity contribution < 1.29 is 19.1 Å². The van der Waals surface area contributed by atoms with Gasteiger partial charge in [0.2, 0.25) is 5.91 Å². The first kappa shape index (κ1) is 21.1. The number of carbonyl (C=O) groups is 3. The van der Waals surface area contributed by atoms with Crippen LogP contribution in [0.25, 0.3) is 0 Å². The van der Waals surface area contributed by atoms with E-state index in [1.165, 1.54) is 6.42 Å². The average Bonchev–Trinajstić information content (AvgIpc) is 2.92. The second kappa shape index (κ2) is 8.43. The predicted molar refractivity (Wildman–Crippen MR) is 109 cm³/mol. The SMILES string of the molecule is COc1ccc(C2(C)NC(=O)N(CC(=O)N(C(C)C)C3CCCCC3)C2=O)cc1. The molecule has 2 fully saturated rings. The largest absolute Gasteiger partial charge is 0.497 e. The summed E-state index contributed by atoms with van der Waals surface area (Å²) in [5.41, 5.74) is -0.545. The van der Waals surface area contributed by atoms with Crippen LogP contribution in [-0.4, -0.2) is 53.4 Å². The van der Waals surface area contributed by atoms with Crippen LogP contribution in [0.1, 0.15) is 58.4 Å². The van der Waals surface area contributed by atoms with Crippen molar-refractivity contribution in [3.8, 4) is 5.75 Å². The van der Waals surface area contributed by atoms with Crippen LogP contribution in [0.4, 0.5) is 4.79 Å². The van der Waals surface area contributed by atoms with E-state index in [0.717, 1.165) is 30.6 Å². The highest BCUT2D eigenvalue weighted by atomic mass is 16.5. The Labute approximate surface area is 172 Å². The number of carbonyl (C=O) groups excluding carboxylic acids is 3. The van der Waals surface area contributed by atoms with E-state index in [4.69, 9.17) is 4.74 Å². The monoisotopic (exact) mass is 401 g/mol. The van der Waals surface area contributed by atoms with Gasteiger partial charge in [0, 0.05) is 12.1 Å². The molecule has 1 saturated carbocycles. The number of hydrogen-bond donors (Lipinski definition) is 1. The molecular weight excluding hydrogens is 370 g/mol. The minimum absolute atomic E-state index is 0.0272. The number of nitrogens with one attached hydrogen (secondary N) is 1. The molecule has 0 radical (unpaired) electrons. The number of nitrogens with zero attached hydrogens (tertiary/aromatic N) is 2. The molecule has 7 heteroatoms. The number of amides is 4. The second-order valence-corrected chi connectivity index (χ2v) is 8.36. The zero-order chi connectivity index (χ0) is 21.2. The quantitative estimate of drug-likeness (QED) is 0.743. The van der Waals surface area contributed by atoms with E-state index in [1.807, 2.05) is 18.7 Å². The van der Waals surface area contributed by atoms with Gasteiger partial charge in [0.25, 0.3) is 5.91 Å². The first-order chi connectivity index (χ1) is 13.8. The summed E-state index contributed by atoms with van der Waals surface area (Å²) in [6.07, 6.45) is 5.38. The van der Waals surface area contributed by atoms with Crippen molar-refractivity contribution in [2.45, 2.75) is 70.5 Å². The zero-order valence-corrected chi connectivity index (χ0v) is 17.7. The van der Waals surface area contributed by atoms with Crippen molar-refractivity contribution in [1.82, 2.24) is 15.1 Å². The van der Waals surface area contributed by atoms with Crippen molar-refractivity contribution >= 4 is 17.8 Å². The minimum atomic E-state index is -1.20. The molecule has 0 bridgehead atoms. The maximum atomic E-state index is 13.1. The molecule has 0 aromatic heterocycles. The van der Waals surface area contributed by atoms with Gasteiger partial charge in [-0.2, -0.15) is 0 Å². The number of ether oxygens (including phenoxy) is 1. The van der Waals surface area contributed by atoms with Gasteiger partial charge in [0.1, 0.15) is 17.8 Å².